The second kappa shape index (κ2) is 10.0. The van der Waals surface area contributed by atoms with E-state index < -0.39 is 11.3 Å². The van der Waals surface area contributed by atoms with Crippen molar-refractivity contribution >= 4 is 17.7 Å². The smallest absolute Gasteiger partial charge is 0.312 e. The molecule has 1 aromatic carbocycles. The zero-order valence-corrected chi connectivity index (χ0v) is 18.4. The standard InChI is InChI=1S/C24H34O5/c1-16-13-17(2)22(18(3)14-16)19(9-10-21(26)28-4)20(25)15-24(23(27)29-5)11-7-6-8-12-24/h13-14,19H,6-12,15H2,1-5H3. The number of Topliss-reactive ketones (excluding diaryl/α,β-unsaturated/α-hetero) is 1. The molecule has 1 fully saturated rings. The van der Waals surface area contributed by atoms with Crippen LogP contribution in [0.1, 0.15) is 79.5 Å². The van der Waals surface area contributed by atoms with Crippen LogP contribution in [-0.4, -0.2) is 31.9 Å². The van der Waals surface area contributed by atoms with Crippen molar-refractivity contribution in [1.29, 1.82) is 0 Å². The lowest BCUT2D eigenvalue weighted by Gasteiger charge is -2.35. The van der Waals surface area contributed by atoms with Crippen molar-refractivity contribution < 1.29 is 23.9 Å². The van der Waals surface area contributed by atoms with Crippen LogP contribution in [0.2, 0.25) is 0 Å². The molecule has 1 saturated carbocycles. The quantitative estimate of drug-likeness (QED) is 0.588. The Morgan fingerprint density at radius 3 is 2.07 bits per heavy atom. The molecule has 0 N–H and O–H groups in total. The molecular formula is C24H34O5. The highest BCUT2D eigenvalue weighted by Crippen LogP contribution is 2.43. The van der Waals surface area contributed by atoms with Gasteiger partial charge in [0.05, 0.1) is 19.6 Å². The minimum absolute atomic E-state index is 0.0104. The first-order valence-corrected chi connectivity index (χ1v) is 10.5. The van der Waals surface area contributed by atoms with Gasteiger partial charge in [-0.1, -0.05) is 37.0 Å². The summed E-state index contributed by atoms with van der Waals surface area (Å²) in [6.45, 7) is 6.04. The van der Waals surface area contributed by atoms with Gasteiger partial charge in [0.2, 0.25) is 0 Å². The Labute approximate surface area is 174 Å². The van der Waals surface area contributed by atoms with E-state index in [0.717, 1.165) is 41.5 Å². The SMILES string of the molecule is COC(=O)CCC(C(=O)CC1(C(=O)OC)CCCCC1)c1c(C)cc(C)cc1C. The average molecular weight is 403 g/mol. The molecule has 0 spiro atoms. The molecule has 0 radical (unpaired) electrons. The predicted octanol–water partition coefficient (Wildman–Crippen LogP) is 4.73. The van der Waals surface area contributed by atoms with Gasteiger partial charge in [-0.05, 0) is 56.7 Å². The van der Waals surface area contributed by atoms with E-state index in [2.05, 4.69) is 12.1 Å². The number of aryl methyl sites for hydroxylation is 3. The number of carbonyl (C=O) groups excluding carboxylic acids is 3. The molecule has 2 rings (SSSR count). The zero-order chi connectivity index (χ0) is 21.6. The van der Waals surface area contributed by atoms with Gasteiger partial charge in [-0.3, -0.25) is 14.4 Å². The largest absolute Gasteiger partial charge is 0.469 e. The Morgan fingerprint density at radius 2 is 1.55 bits per heavy atom. The highest BCUT2D eigenvalue weighted by molar-refractivity contribution is 5.92. The maximum Gasteiger partial charge on any atom is 0.312 e. The third kappa shape index (κ3) is 5.46. The molecule has 1 aromatic rings. The summed E-state index contributed by atoms with van der Waals surface area (Å²) in [5, 5.41) is 0. The summed E-state index contributed by atoms with van der Waals surface area (Å²) in [7, 11) is 2.75. The van der Waals surface area contributed by atoms with E-state index in [1.54, 1.807) is 0 Å². The molecule has 0 aromatic heterocycles. The molecule has 1 atom stereocenters. The fourth-order valence-corrected chi connectivity index (χ4v) is 4.93. The Balaban J connectivity index is 2.38. The van der Waals surface area contributed by atoms with Gasteiger partial charge >= 0.3 is 11.9 Å². The van der Waals surface area contributed by atoms with Gasteiger partial charge in [-0.25, -0.2) is 0 Å². The van der Waals surface area contributed by atoms with Crippen molar-refractivity contribution in [2.45, 2.75) is 78.1 Å². The number of methoxy groups -OCH3 is 2. The van der Waals surface area contributed by atoms with E-state index in [9.17, 15) is 14.4 Å². The van der Waals surface area contributed by atoms with E-state index in [4.69, 9.17) is 9.47 Å². The van der Waals surface area contributed by atoms with Crippen LogP contribution in [0.15, 0.2) is 12.1 Å². The Kier molecular flexibility index (Phi) is 8.00. The number of hydrogen-bond acceptors (Lipinski definition) is 5. The van der Waals surface area contributed by atoms with Crippen LogP contribution in [0, 0.1) is 26.2 Å². The van der Waals surface area contributed by atoms with Gasteiger partial charge < -0.3 is 9.47 Å². The van der Waals surface area contributed by atoms with Crippen molar-refractivity contribution in [3.8, 4) is 0 Å². The summed E-state index contributed by atoms with van der Waals surface area (Å²) in [5.74, 6) is -1.03. The summed E-state index contributed by atoms with van der Waals surface area (Å²) < 4.78 is 9.89. The number of ether oxygens (including phenoxy) is 2. The van der Waals surface area contributed by atoms with E-state index in [1.165, 1.54) is 14.2 Å². The number of benzene rings is 1. The van der Waals surface area contributed by atoms with Crippen LogP contribution in [0.5, 0.6) is 0 Å². The van der Waals surface area contributed by atoms with Crippen LogP contribution in [0.4, 0.5) is 0 Å². The molecule has 5 heteroatoms. The predicted molar refractivity (Wildman–Crippen MR) is 112 cm³/mol. The van der Waals surface area contributed by atoms with Crippen LogP contribution < -0.4 is 0 Å². The summed E-state index contributed by atoms with van der Waals surface area (Å²) in [5.41, 5.74) is 3.46. The van der Waals surface area contributed by atoms with Crippen molar-refractivity contribution in [1.82, 2.24) is 0 Å². The van der Waals surface area contributed by atoms with Crippen molar-refractivity contribution in [3.63, 3.8) is 0 Å². The van der Waals surface area contributed by atoms with Gasteiger partial charge in [0.25, 0.3) is 0 Å². The summed E-state index contributed by atoms with van der Waals surface area (Å²) in [6, 6.07) is 4.13. The third-order valence-electron chi connectivity index (χ3n) is 6.28. The molecule has 1 aliphatic carbocycles. The lowest BCUT2D eigenvalue weighted by atomic mass is 9.68. The normalized spacial score (nSPS) is 16.7. The van der Waals surface area contributed by atoms with Crippen LogP contribution in [0.25, 0.3) is 0 Å². The first-order chi connectivity index (χ1) is 13.7. The Morgan fingerprint density at radius 1 is 0.966 bits per heavy atom. The summed E-state index contributed by atoms with van der Waals surface area (Å²) in [4.78, 5) is 38.0. The zero-order valence-electron chi connectivity index (χ0n) is 18.4. The molecule has 0 amide bonds. The maximum absolute atomic E-state index is 13.6. The average Bonchev–Trinajstić information content (AvgIpc) is 2.69. The van der Waals surface area contributed by atoms with E-state index in [-0.39, 0.29) is 30.6 Å². The minimum Gasteiger partial charge on any atom is -0.469 e. The van der Waals surface area contributed by atoms with Crippen LogP contribution >= 0.6 is 0 Å². The molecule has 0 bridgehead atoms. The number of ketones is 1. The second-order valence-electron chi connectivity index (χ2n) is 8.46. The molecule has 1 aliphatic rings. The van der Waals surface area contributed by atoms with Gasteiger partial charge in [-0.2, -0.15) is 0 Å². The first kappa shape index (κ1) is 23.1. The highest BCUT2D eigenvalue weighted by atomic mass is 16.5. The van der Waals surface area contributed by atoms with Gasteiger partial charge in [0, 0.05) is 18.8 Å². The monoisotopic (exact) mass is 402 g/mol. The minimum atomic E-state index is -0.736. The maximum atomic E-state index is 13.6. The van der Waals surface area contributed by atoms with Crippen molar-refractivity contribution in [3.05, 3.63) is 34.4 Å². The Hall–Kier alpha value is -2.17. The fraction of sp³-hybridized carbons (Fsp3) is 0.625. The molecule has 29 heavy (non-hydrogen) atoms. The topological polar surface area (TPSA) is 69.7 Å². The van der Waals surface area contributed by atoms with Crippen molar-refractivity contribution in [2.75, 3.05) is 14.2 Å². The molecule has 0 saturated heterocycles. The van der Waals surface area contributed by atoms with E-state index >= 15 is 0 Å². The molecule has 0 aliphatic heterocycles. The number of hydrogen-bond donors (Lipinski definition) is 0. The lowest BCUT2D eigenvalue weighted by molar-refractivity contribution is -0.157. The highest BCUT2D eigenvalue weighted by Gasteiger charge is 2.43. The summed E-state index contributed by atoms with van der Waals surface area (Å²) >= 11 is 0. The lowest BCUT2D eigenvalue weighted by Crippen LogP contribution is -2.38. The molecule has 1 unspecified atom stereocenters. The van der Waals surface area contributed by atoms with Gasteiger partial charge in [-0.15, -0.1) is 0 Å². The Bertz CT molecular complexity index is 736. The van der Waals surface area contributed by atoms with E-state index in [1.807, 2.05) is 20.8 Å². The summed E-state index contributed by atoms with van der Waals surface area (Å²) in [6.07, 6.45) is 5.02. The van der Waals surface area contributed by atoms with Gasteiger partial charge in [0.15, 0.2) is 0 Å². The van der Waals surface area contributed by atoms with Crippen LogP contribution in [0.3, 0.4) is 0 Å². The fourth-order valence-electron chi connectivity index (χ4n) is 4.93. The third-order valence-corrected chi connectivity index (χ3v) is 6.28. The van der Waals surface area contributed by atoms with E-state index in [0.29, 0.717) is 19.3 Å². The number of rotatable bonds is 8. The van der Waals surface area contributed by atoms with Gasteiger partial charge in [0.1, 0.15) is 5.78 Å². The molecule has 160 valence electrons. The van der Waals surface area contributed by atoms with Crippen LogP contribution in [-0.2, 0) is 23.9 Å². The van der Waals surface area contributed by atoms with Crippen molar-refractivity contribution in [2.24, 2.45) is 5.41 Å². The molecule has 5 nitrogen and oxygen atoms in total. The number of carbonyl (C=O) groups is 3. The molecular weight excluding hydrogens is 368 g/mol. The number of esters is 2. The first-order valence-electron chi connectivity index (χ1n) is 10.5. The second-order valence-corrected chi connectivity index (χ2v) is 8.46. The molecule has 0 heterocycles.